The normalized spacial score (nSPS) is 24.0. The van der Waals surface area contributed by atoms with E-state index in [9.17, 15) is 5.11 Å². The topological polar surface area (TPSA) is 38.7 Å². The van der Waals surface area contributed by atoms with Gasteiger partial charge in [0.25, 0.3) is 0 Å². The summed E-state index contributed by atoms with van der Waals surface area (Å²) in [6.45, 7) is 32.8. The molecule has 1 aliphatic carbocycles. The summed E-state index contributed by atoms with van der Waals surface area (Å²) in [7, 11) is -4.00. The van der Waals surface area contributed by atoms with Crippen molar-refractivity contribution in [2.75, 3.05) is 6.61 Å². The van der Waals surface area contributed by atoms with Gasteiger partial charge < -0.3 is 14.0 Å². The first kappa shape index (κ1) is 28.1. The zero-order valence-corrected chi connectivity index (χ0v) is 24.1. The second kappa shape index (κ2) is 10.8. The van der Waals surface area contributed by atoms with Crippen LogP contribution < -0.4 is 0 Å². The molecule has 3 atom stereocenters. The van der Waals surface area contributed by atoms with Crippen LogP contribution in [0.25, 0.3) is 0 Å². The number of rotatable bonds is 11. The van der Waals surface area contributed by atoms with Crippen molar-refractivity contribution in [3.8, 4) is 0 Å². The quantitative estimate of drug-likeness (QED) is 0.256. The van der Waals surface area contributed by atoms with Gasteiger partial charge >= 0.3 is 0 Å². The summed E-state index contributed by atoms with van der Waals surface area (Å²) in [6.07, 6.45) is 0.201. The van der Waals surface area contributed by atoms with Crippen LogP contribution in [0.15, 0.2) is 12.2 Å². The maximum atomic E-state index is 10.7. The largest absolute Gasteiger partial charge is 0.415 e. The average Bonchev–Trinajstić information content (AvgIpc) is 2.85. The van der Waals surface area contributed by atoms with Crippen molar-refractivity contribution in [2.45, 2.75) is 135 Å². The monoisotopic (exact) mass is 456 g/mol. The molecular formula is C25H52O3Si2. The zero-order chi connectivity index (χ0) is 23.6. The van der Waals surface area contributed by atoms with Crippen molar-refractivity contribution in [1.82, 2.24) is 0 Å². The van der Waals surface area contributed by atoms with Gasteiger partial charge in [0, 0.05) is 18.9 Å². The summed E-state index contributed by atoms with van der Waals surface area (Å²) in [5.74, 6) is 0.0891. The molecule has 0 bridgehead atoms. The second-order valence-corrected chi connectivity index (χ2v) is 22.4. The average molecular weight is 457 g/mol. The molecule has 30 heavy (non-hydrogen) atoms. The van der Waals surface area contributed by atoms with Gasteiger partial charge in [-0.15, -0.1) is 0 Å². The van der Waals surface area contributed by atoms with Crippen LogP contribution in [-0.4, -0.2) is 40.6 Å². The summed E-state index contributed by atoms with van der Waals surface area (Å²) >= 11 is 0. The fraction of sp³-hybridized carbons (Fsp3) is 0.920. The van der Waals surface area contributed by atoms with Gasteiger partial charge in [0.15, 0.2) is 8.32 Å². The molecule has 1 fully saturated rings. The van der Waals surface area contributed by atoms with Crippen LogP contribution in [0.3, 0.4) is 0 Å². The van der Waals surface area contributed by atoms with E-state index < -0.39 is 22.7 Å². The molecule has 178 valence electrons. The Bertz CT molecular complexity index is 511. The lowest BCUT2D eigenvalue weighted by Crippen LogP contribution is -2.52. The van der Waals surface area contributed by atoms with Gasteiger partial charge in [-0.2, -0.15) is 0 Å². The minimum absolute atomic E-state index is 0.0181. The second-order valence-electron chi connectivity index (χ2n) is 11.5. The number of hydrogen-bond donors (Lipinski definition) is 1. The maximum Gasteiger partial charge on any atom is 0.200 e. The molecule has 1 saturated carbocycles. The first-order chi connectivity index (χ1) is 13.7. The zero-order valence-electron chi connectivity index (χ0n) is 22.1. The molecule has 0 unspecified atom stereocenters. The van der Waals surface area contributed by atoms with E-state index in [1.165, 1.54) is 0 Å². The minimum Gasteiger partial charge on any atom is -0.415 e. The molecule has 0 aromatic rings. The van der Waals surface area contributed by atoms with E-state index in [0.717, 1.165) is 5.57 Å². The molecule has 5 heteroatoms. The lowest BCUT2D eigenvalue weighted by Gasteiger charge is -2.46. The molecule has 0 heterocycles. The molecule has 0 saturated heterocycles. The SMILES string of the molecule is C=C1[C@@H](O)C[C@H](O[Si](C(C)C)(C(C)C)C(C)C)[C@H]1CO[Si](C(C)C)(C(C)C)C(C)C. The van der Waals surface area contributed by atoms with Gasteiger partial charge in [-0.05, 0) is 38.8 Å². The van der Waals surface area contributed by atoms with E-state index in [-0.39, 0.29) is 12.0 Å². The Kier molecular flexibility index (Phi) is 10.1. The Morgan fingerprint density at radius 3 is 1.47 bits per heavy atom. The summed E-state index contributed by atoms with van der Waals surface area (Å²) in [5, 5.41) is 10.7. The lowest BCUT2D eigenvalue weighted by atomic mass is 10.0. The first-order valence-corrected chi connectivity index (χ1v) is 16.6. The number of aliphatic hydroxyl groups is 1. The maximum absolute atomic E-state index is 10.7. The van der Waals surface area contributed by atoms with Crippen molar-refractivity contribution in [3.05, 3.63) is 12.2 Å². The van der Waals surface area contributed by atoms with Crippen LogP contribution >= 0.6 is 0 Å². The molecule has 1 N–H and O–H groups in total. The number of aliphatic hydroxyl groups excluding tert-OH is 1. The van der Waals surface area contributed by atoms with Crippen molar-refractivity contribution in [1.29, 1.82) is 0 Å². The Hall–Kier alpha value is 0.0538. The molecule has 0 aromatic heterocycles. The summed E-state index contributed by atoms with van der Waals surface area (Å²) in [4.78, 5) is 0. The molecule has 1 rings (SSSR count). The first-order valence-electron chi connectivity index (χ1n) is 12.3. The Labute approximate surface area is 190 Å². The minimum atomic E-state index is -2.03. The molecule has 1 aliphatic rings. The third-order valence-corrected chi connectivity index (χ3v) is 20.3. The van der Waals surface area contributed by atoms with E-state index in [0.29, 0.717) is 46.3 Å². The molecule has 0 aliphatic heterocycles. The van der Waals surface area contributed by atoms with Gasteiger partial charge in [0.2, 0.25) is 8.32 Å². The highest BCUT2D eigenvalue weighted by Gasteiger charge is 2.51. The third-order valence-electron chi connectivity index (χ3n) is 8.09. The highest BCUT2D eigenvalue weighted by atomic mass is 28.4. The van der Waals surface area contributed by atoms with Crippen molar-refractivity contribution >= 4 is 16.6 Å². The van der Waals surface area contributed by atoms with E-state index >= 15 is 0 Å². The van der Waals surface area contributed by atoms with Gasteiger partial charge in [-0.25, -0.2) is 0 Å². The summed E-state index contributed by atoms with van der Waals surface area (Å²) in [5.41, 5.74) is 4.14. The van der Waals surface area contributed by atoms with E-state index in [2.05, 4.69) is 89.7 Å². The molecule has 0 radical (unpaired) electrons. The lowest BCUT2D eigenvalue weighted by molar-refractivity contribution is 0.0981. The van der Waals surface area contributed by atoms with E-state index in [1.54, 1.807) is 0 Å². The van der Waals surface area contributed by atoms with Crippen molar-refractivity contribution in [2.24, 2.45) is 5.92 Å². The fourth-order valence-electron chi connectivity index (χ4n) is 6.77. The molecular weight excluding hydrogens is 404 g/mol. The summed E-state index contributed by atoms with van der Waals surface area (Å²) in [6, 6.07) is 0. The highest BCUT2D eigenvalue weighted by molar-refractivity contribution is 6.78. The molecule has 0 spiro atoms. The van der Waals surface area contributed by atoms with Crippen molar-refractivity contribution < 1.29 is 14.0 Å². The highest BCUT2D eigenvalue weighted by Crippen LogP contribution is 2.48. The summed E-state index contributed by atoms with van der Waals surface area (Å²) < 4.78 is 14.1. The van der Waals surface area contributed by atoms with Gasteiger partial charge in [-0.3, -0.25) is 0 Å². The van der Waals surface area contributed by atoms with Crippen LogP contribution in [0.2, 0.25) is 33.2 Å². The van der Waals surface area contributed by atoms with Crippen LogP contribution in [0.5, 0.6) is 0 Å². The van der Waals surface area contributed by atoms with Crippen LogP contribution in [0.4, 0.5) is 0 Å². The standard InChI is InChI=1S/C25H52O3Si2/c1-16(2)29(17(3)4,18(5)6)27-15-23-22(13)24(26)14-25(23)28-30(19(7)8,20(9)10)21(11)12/h16-21,23-26H,13-15H2,1-12H3/t23-,24-,25-/m0/s1. The predicted octanol–water partition coefficient (Wildman–Crippen LogP) is 7.68. The van der Waals surface area contributed by atoms with Crippen molar-refractivity contribution in [3.63, 3.8) is 0 Å². The Morgan fingerprint density at radius 1 is 0.767 bits per heavy atom. The van der Waals surface area contributed by atoms with Crippen LogP contribution in [-0.2, 0) is 8.85 Å². The van der Waals surface area contributed by atoms with Gasteiger partial charge in [0.1, 0.15) is 0 Å². The predicted molar refractivity (Wildman–Crippen MR) is 136 cm³/mol. The van der Waals surface area contributed by atoms with E-state index in [4.69, 9.17) is 8.85 Å². The smallest absolute Gasteiger partial charge is 0.200 e. The number of hydrogen-bond acceptors (Lipinski definition) is 3. The molecule has 3 nitrogen and oxygen atoms in total. The van der Waals surface area contributed by atoms with Gasteiger partial charge in [0.05, 0.1) is 12.2 Å². The van der Waals surface area contributed by atoms with Gasteiger partial charge in [-0.1, -0.05) is 89.7 Å². The van der Waals surface area contributed by atoms with Crippen LogP contribution in [0.1, 0.15) is 89.5 Å². The Morgan fingerprint density at radius 2 is 1.13 bits per heavy atom. The fourth-order valence-corrected chi connectivity index (χ4v) is 17.8. The Balaban J connectivity index is 3.22. The molecule has 0 aromatic carbocycles. The molecule has 0 amide bonds. The van der Waals surface area contributed by atoms with Crippen LogP contribution in [0, 0.1) is 5.92 Å². The van der Waals surface area contributed by atoms with E-state index in [1.807, 2.05) is 0 Å². The third kappa shape index (κ3) is 5.16.